The molecule has 0 atom stereocenters. The van der Waals surface area contributed by atoms with Crippen LogP contribution in [0.15, 0.2) is 23.1 Å². The summed E-state index contributed by atoms with van der Waals surface area (Å²) in [6.07, 6.45) is 6.56. The Morgan fingerprint density at radius 3 is 2.56 bits per heavy atom. The SMILES string of the molecule is CCN(CC)S(=O)(=O)c1ccc2c(c1)CCN2C(=O)COC1CCCCC1. The molecule has 0 radical (unpaired) electrons. The van der Waals surface area contributed by atoms with E-state index < -0.39 is 10.0 Å². The quantitative estimate of drug-likeness (QED) is 0.713. The molecule has 1 aliphatic heterocycles. The van der Waals surface area contributed by atoms with E-state index in [1.165, 1.54) is 23.6 Å². The molecule has 1 heterocycles. The zero-order valence-electron chi connectivity index (χ0n) is 16.3. The summed E-state index contributed by atoms with van der Waals surface area (Å²) >= 11 is 0. The number of fused-ring (bicyclic) bond motifs is 1. The lowest BCUT2D eigenvalue weighted by Gasteiger charge is -2.24. The van der Waals surface area contributed by atoms with Gasteiger partial charge in [0.1, 0.15) is 6.61 Å². The molecule has 1 fully saturated rings. The minimum atomic E-state index is -3.48. The molecular weight excluding hydrogens is 364 g/mol. The van der Waals surface area contributed by atoms with Crippen molar-refractivity contribution >= 4 is 21.6 Å². The summed E-state index contributed by atoms with van der Waals surface area (Å²) in [5.74, 6) is -0.0429. The molecule has 0 bridgehead atoms. The predicted molar refractivity (Wildman–Crippen MR) is 105 cm³/mol. The number of anilines is 1. The number of benzene rings is 1. The molecule has 1 aliphatic carbocycles. The van der Waals surface area contributed by atoms with E-state index in [9.17, 15) is 13.2 Å². The van der Waals surface area contributed by atoms with Crippen molar-refractivity contribution < 1.29 is 17.9 Å². The summed E-state index contributed by atoms with van der Waals surface area (Å²) in [6.45, 7) is 5.24. The fourth-order valence-electron chi connectivity index (χ4n) is 4.01. The fourth-order valence-corrected chi connectivity index (χ4v) is 5.52. The molecule has 3 rings (SSSR count). The van der Waals surface area contributed by atoms with Crippen LogP contribution in [0.2, 0.25) is 0 Å². The number of carbonyl (C=O) groups excluding carboxylic acids is 1. The van der Waals surface area contributed by atoms with Gasteiger partial charge in [-0.25, -0.2) is 8.42 Å². The number of hydrogen-bond donors (Lipinski definition) is 0. The molecular formula is C20H30N2O4S. The zero-order chi connectivity index (χ0) is 19.4. The maximum atomic E-state index is 12.7. The molecule has 1 amide bonds. The van der Waals surface area contributed by atoms with Gasteiger partial charge >= 0.3 is 0 Å². The molecule has 0 N–H and O–H groups in total. The van der Waals surface area contributed by atoms with Crippen molar-refractivity contribution in [3.63, 3.8) is 0 Å². The molecule has 27 heavy (non-hydrogen) atoms. The van der Waals surface area contributed by atoms with Crippen LogP contribution in [0.25, 0.3) is 0 Å². The Hall–Kier alpha value is -1.44. The van der Waals surface area contributed by atoms with E-state index in [0.29, 0.717) is 31.0 Å². The third-order valence-corrected chi connectivity index (χ3v) is 7.63. The van der Waals surface area contributed by atoms with Gasteiger partial charge in [-0.15, -0.1) is 0 Å². The van der Waals surface area contributed by atoms with Crippen LogP contribution in [0, 0.1) is 0 Å². The second-order valence-corrected chi connectivity index (χ2v) is 9.18. The fraction of sp³-hybridized carbons (Fsp3) is 0.650. The molecule has 0 aromatic heterocycles. The number of hydrogen-bond acceptors (Lipinski definition) is 4. The van der Waals surface area contributed by atoms with E-state index in [-0.39, 0.29) is 18.6 Å². The molecule has 7 heteroatoms. The zero-order valence-corrected chi connectivity index (χ0v) is 17.1. The van der Waals surface area contributed by atoms with Crippen LogP contribution in [0.1, 0.15) is 51.5 Å². The highest BCUT2D eigenvalue weighted by Crippen LogP contribution is 2.31. The molecule has 6 nitrogen and oxygen atoms in total. The van der Waals surface area contributed by atoms with E-state index in [1.54, 1.807) is 23.1 Å². The van der Waals surface area contributed by atoms with Crippen molar-refractivity contribution in [2.24, 2.45) is 0 Å². The molecule has 1 saturated carbocycles. The summed E-state index contributed by atoms with van der Waals surface area (Å²) in [4.78, 5) is 14.6. The van der Waals surface area contributed by atoms with Gasteiger partial charge in [0.05, 0.1) is 11.0 Å². The van der Waals surface area contributed by atoms with Gasteiger partial charge in [0.2, 0.25) is 10.0 Å². The van der Waals surface area contributed by atoms with Crippen LogP contribution in [0.3, 0.4) is 0 Å². The van der Waals surface area contributed by atoms with Gasteiger partial charge in [-0.3, -0.25) is 4.79 Å². The Morgan fingerprint density at radius 1 is 1.19 bits per heavy atom. The first-order chi connectivity index (χ1) is 13.0. The number of sulfonamides is 1. The molecule has 0 spiro atoms. The molecule has 150 valence electrons. The van der Waals surface area contributed by atoms with Gasteiger partial charge in [-0.1, -0.05) is 33.1 Å². The van der Waals surface area contributed by atoms with E-state index in [4.69, 9.17) is 4.74 Å². The first-order valence-electron chi connectivity index (χ1n) is 10.0. The van der Waals surface area contributed by atoms with Gasteiger partial charge in [0, 0.05) is 25.3 Å². The second kappa shape index (κ2) is 8.71. The van der Waals surface area contributed by atoms with Crippen molar-refractivity contribution in [2.45, 2.75) is 63.4 Å². The van der Waals surface area contributed by atoms with Crippen molar-refractivity contribution in [3.05, 3.63) is 23.8 Å². The lowest BCUT2D eigenvalue weighted by atomic mass is 9.98. The van der Waals surface area contributed by atoms with Crippen molar-refractivity contribution in [2.75, 3.05) is 31.1 Å². The van der Waals surface area contributed by atoms with Crippen LogP contribution in [-0.4, -0.2) is 51.0 Å². The largest absolute Gasteiger partial charge is 0.368 e. The highest BCUT2D eigenvalue weighted by molar-refractivity contribution is 7.89. The third kappa shape index (κ3) is 4.36. The molecule has 2 aliphatic rings. The average Bonchev–Trinajstić information content (AvgIpc) is 3.11. The van der Waals surface area contributed by atoms with E-state index in [1.807, 2.05) is 13.8 Å². The van der Waals surface area contributed by atoms with Gasteiger partial charge < -0.3 is 9.64 Å². The van der Waals surface area contributed by atoms with Gasteiger partial charge in [0.15, 0.2) is 0 Å². The second-order valence-electron chi connectivity index (χ2n) is 7.25. The Bertz CT molecular complexity index is 768. The van der Waals surface area contributed by atoms with Gasteiger partial charge in [-0.2, -0.15) is 4.31 Å². The van der Waals surface area contributed by atoms with E-state index >= 15 is 0 Å². The lowest BCUT2D eigenvalue weighted by Crippen LogP contribution is -2.34. The molecule has 1 aromatic carbocycles. The van der Waals surface area contributed by atoms with Crippen molar-refractivity contribution in [1.82, 2.24) is 4.31 Å². The van der Waals surface area contributed by atoms with Crippen LogP contribution in [0.5, 0.6) is 0 Å². The third-order valence-electron chi connectivity index (χ3n) is 5.59. The van der Waals surface area contributed by atoms with E-state index in [0.717, 1.165) is 24.1 Å². The maximum absolute atomic E-state index is 12.7. The van der Waals surface area contributed by atoms with E-state index in [2.05, 4.69) is 0 Å². The van der Waals surface area contributed by atoms with Crippen LogP contribution < -0.4 is 4.90 Å². The smallest absolute Gasteiger partial charge is 0.253 e. The normalized spacial score (nSPS) is 18.1. The minimum Gasteiger partial charge on any atom is -0.368 e. The average molecular weight is 395 g/mol. The standard InChI is InChI=1S/C20H30N2O4S/c1-3-21(4-2)27(24,25)18-10-11-19-16(14-18)12-13-22(19)20(23)15-26-17-8-6-5-7-9-17/h10-11,14,17H,3-9,12-13,15H2,1-2H3. The summed E-state index contributed by atoms with van der Waals surface area (Å²) in [7, 11) is -3.48. The summed E-state index contributed by atoms with van der Waals surface area (Å²) < 4.78 is 32.7. The highest BCUT2D eigenvalue weighted by Gasteiger charge is 2.29. The number of carbonyl (C=O) groups is 1. The number of ether oxygens (including phenoxy) is 1. The topological polar surface area (TPSA) is 66.9 Å². The Kier molecular flexibility index (Phi) is 6.55. The van der Waals surface area contributed by atoms with Crippen LogP contribution >= 0.6 is 0 Å². The predicted octanol–water partition coefficient (Wildman–Crippen LogP) is 2.96. The van der Waals surface area contributed by atoms with Gasteiger partial charge in [0.25, 0.3) is 5.91 Å². The maximum Gasteiger partial charge on any atom is 0.253 e. The monoisotopic (exact) mass is 394 g/mol. The Balaban J connectivity index is 1.69. The highest BCUT2D eigenvalue weighted by atomic mass is 32.2. The van der Waals surface area contributed by atoms with Crippen LogP contribution in [-0.2, 0) is 26.0 Å². The number of nitrogens with zero attached hydrogens (tertiary/aromatic N) is 2. The molecule has 0 saturated heterocycles. The number of amides is 1. The minimum absolute atomic E-state index is 0.0429. The van der Waals surface area contributed by atoms with Crippen LogP contribution in [0.4, 0.5) is 5.69 Å². The summed E-state index contributed by atoms with van der Waals surface area (Å²) in [5, 5.41) is 0. The Labute approximate surface area is 162 Å². The van der Waals surface area contributed by atoms with Gasteiger partial charge in [-0.05, 0) is 43.0 Å². The summed E-state index contributed by atoms with van der Waals surface area (Å²) in [6, 6.07) is 5.09. The van der Waals surface area contributed by atoms with Crippen molar-refractivity contribution in [3.8, 4) is 0 Å². The number of rotatable bonds is 7. The first kappa shape index (κ1) is 20.3. The molecule has 0 unspecified atom stereocenters. The molecule has 1 aromatic rings. The summed E-state index contributed by atoms with van der Waals surface area (Å²) in [5.41, 5.74) is 1.72. The lowest BCUT2D eigenvalue weighted by molar-refractivity contribution is -0.125. The Morgan fingerprint density at radius 2 is 1.89 bits per heavy atom. The first-order valence-corrected chi connectivity index (χ1v) is 11.5. The van der Waals surface area contributed by atoms with Crippen molar-refractivity contribution in [1.29, 1.82) is 0 Å².